The molecule has 2 aromatic carbocycles. The molecule has 0 aliphatic rings. The number of rotatable bonds is 2. The molecule has 0 amide bonds. The summed E-state index contributed by atoms with van der Waals surface area (Å²) in [4.78, 5) is 15.2. The smallest absolute Gasteiger partial charge is 0.335 e. The lowest BCUT2D eigenvalue weighted by atomic mass is 10.2. The number of carboxylic acids is 1. The van der Waals surface area contributed by atoms with Gasteiger partial charge in [-0.05, 0) is 36.4 Å². The van der Waals surface area contributed by atoms with Gasteiger partial charge in [0.2, 0.25) is 0 Å². The summed E-state index contributed by atoms with van der Waals surface area (Å²) < 4.78 is 15.1. The minimum Gasteiger partial charge on any atom is -0.478 e. The first-order valence-electron chi connectivity index (χ1n) is 5.72. The molecule has 0 radical (unpaired) electrons. The second-order valence-corrected chi connectivity index (χ2v) is 4.63. The van der Waals surface area contributed by atoms with Crippen molar-refractivity contribution in [3.8, 4) is 5.69 Å². The van der Waals surface area contributed by atoms with E-state index in [2.05, 4.69) is 4.98 Å². The highest BCUT2D eigenvalue weighted by Crippen LogP contribution is 2.23. The fourth-order valence-electron chi connectivity index (χ4n) is 1.98. The normalized spacial score (nSPS) is 10.9. The van der Waals surface area contributed by atoms with Crippen molar-refractivity contribution in [1.29, 1.82) is 0 Å². The first-order valence-corrected chi connectivity index (χ1v) is 6.10. The largest absolute Gasteiger partial charge is 0.478 e. The molecule has 0 aliphatic carbocycles. The molecule has 0 fully saturated rings. The van der Waals surface area contributed by atoms with Gasteiger partial charge in [0.15, 0.2) is 0 Å². The van der Waals surface area contributed by atoms with Gasteiger partial charge < -0.3 is 5.11 Å². The summed E-state index contributed by atoms with van der Waals surface area (Å²) in [7, 11) is 0. The lowest BCUT2D eigenvalue weighted by Crippen LogP contribution is -1.98. The minimum atomic E-state index is -1.03. The molecule has 1 heterocycles. The van der Waals surface area contributed by atoms with E-state index >= 15 is 0 Å². The van der Waals surface area contributed by atoms with Crippen molar-refractivity contribution >= 4 is 28.6 Å². The Hall–Kier alpha value is -2.40. The van der Waals surface area contributed by atoms with Crippen LogP contribution in [0.15, 0.2) is 42.7 Å². The van der Waals surface area contributed by atoms with Crippen LogP contribution in [0.5, 0.6) is 0 Å². The quantitative estimate of drug-likeness (QED) is 0.785. The fourth-order valence-corrected chi connectivity index (χ4v) is 2.10. The minimum absolute atomic E-state index is 0.0318. The van der Waals surface area contributed by atoms with E-state index < -0.39 is 11.8 Å². The maximum Gasteiger partial charge on any atom is 0.335 e. The van der Waals surface area contributed by atoms with Crippen molar-refractivity contribution in [2.75, 3.05) is 0 Å². The van der Waals surface area contributed by atoms with Gasteiger partial charge in [-0.25, -0.2) is 14.2 Å². The third-order valence-corrected chi connectivity index (χ3v) is 3.28. The van der Waals surface area contributed by atoms with E-state index in [0.29, 0.717) is 16.7 Å². The van der Waals surface area contributed by atoms with Crippen LogP contribution >= 0.6 is 11.6 Å². The molecule has 4 nitrogen and oxygen atoms in total. The molecule has 0 aliphatic heterocycles. The topological polar surface area (TPSA) is 55.1 Å². The van der Waals surface area contributed by atoms with E-state index in [9.17, 15) is 9.18 Å². The highest BCUT2D eigenvalue weighted by molar-refractivity contribution is 6.30. The Bertz CT molecular complexity index is 829. The third kappa shape index (κ3) is 2.02. The van der Waals surface area contributed by atoms with E-state index in [4.69, 9.17) is 16.7 Å². The van der Waals surface area contributed by atoms with E-state index in [1.807, 2.05) is 0 Å². The second kappa shape index (κ2) is 4.61. The van der Waals surface area contributed by atoms with Gasteiger partial charge in [0.1, 0.15) is 12.1 Å². The fraction of sp³-hybridized carbons (Fsp3) is 0. The number of fused-ring (bicyclic) bond motifs is 1. The zero-order valence-corrected chi connectivity index (χ0v) is 10.8. The van der Waals surface area contributed by atoms with Gasteiger partial charge in [-0.1, -0.05) is 11.6 Å². The summed E-state index contributed by atoms with van der Waals surface area (Å²) in [5.74, 6) is -1.57. The molecule has 3 rings (SSSR count). The number of halogens is 2. The molecular formula is C14H8ClFN2O2. The van der Waals surface area contributed by atoms with Crippen LogP contribution in [0, 0.1) is 5.82 Å². The summed E-state index contributed by atoms with van der Waals surface area (Å²) in [5, 5.41) is 9.05. The van der Waals surface area contributed by atoms with Crippen molar-refractivity contribution in [3.05, 3.63) is 59.1 Å². The predicted octanol–water partition coefficient (Wildman–Crippen LogP) is 3.52. The van der Waals surface area contributed by atoms with Gasteiger partial charge in [0.05, 0.1) is 27.3 Å². The molecule has 0 saturated heterocycles. The number of aromatic carboxylic acids is 1. The highest BCUT2D eigenvalue weighted by atomic mass is 35.5. The molecule has 20 heavy (non-hydrogen) atoms. The maximum atomic E-state index is 13.5. The van der Waals surface area contributed by atoms with Crippen LogP contribution in [0.25, 0.3) is 16.7 Å². The van der Waals surface area contributed by atoms with Crippen LogP contribution in [0.3, 0.4) is 0 Å². The zero-order chi connectivity index (χ0) is 14.3. The molecule has 0 saturated carbocycles. The number of nitrogens with zero attached hydrogens (tertiary/aromatic N) is 2. The second-order valence-electron chi connectivity index (χ2n) is 4.22. The molecule has 6 heteroatoms. The first kappa shape index (κ1) is 12.6. The predicted molar refractivity (Wildman–Crippen MR) is 73.0 cm³/mol. The van der Waals surface area contributed by atoms with E-state index in [1.165, 1.54) is 30.6 Å². The number of hydrogen-bond acceptors (Lipinski definition) is 2. The number of aromatic nitrogens is 2. The molecule has 0 bridgehead atoms. The van der Waals surface area contributed by atoms with Crippen LogP contribution in [0.2, 0.25) is 5.02 Å². The number of carbonyl (C=O) groups is 1. The lowest BCUT2D eigenvalue weighted by Gasteiger charge is -2.05. The molecule has 0 unspecified atom stereocenters. The maximum absolute atomic E-state index is 13.5. The average Bonchev–Trinajstić information content (AvgIpc) is 2.84. The van der Waals surface area contributed by atoms with Crippen molar-refractivity contribution in [2.45, 2.75) is 0 Å². The third-order valence-electron chi connectivity index (χ3n) is 2.98. The van der Waals surface area contributed by atoms with Crippen LogP contribution in [-0.4, -0.2) is 20.6 Å². The van der Waals surface area contributed by atoms with Crippen molar-refractivity contribution in [2.24, 2.45) is 0 Å². The first-order chi connectivity index (χ1) is 9.56. The monoisotopic (exact) mass is 290 g/mol. The number of hydrogen-bond donors (Lipinski definition) is 1. The zero-order valence-electron chi connectivity index (χ0n) is 10.0. The Kier molecular flexibility index (Phi) is 2.91. The van der Waals surface area contributed by atoms with Crippen LogP contribution in [0.1, 0.15) is 10.4 Å². The van der Waals surface area contributed by atoms with Crippen molar-refractivity contribution in [1.82, 2.24) is 9.55 Å². The molecule has 100 valence electrons. The van der Waals surface area contributed by atoms with Crippen molar-refractivity contribution in [3.63, 3.8) is 0 Å². The van der Waals surface area contributed by atoms with Gasteiger partial charge in [-0.3, -0.25) is 4.57 Å². The van der Waals surface area contributed by atoms with Crippen LogP contribution in [0.4, 0.5) is 4.39 Å². The van der Waals surface area contributed by atoms with E-state index in [1.54, 1.807) is 16.7 Å². The lowest BCUT2D eigenvalue weighted by molar-refractivity contribution is 0.0697. The summed E-state index contributed by atoms with van der Waals surface area (Å²) >= 11 is 5.65. The molecule has 1 N–H and O–H groups in total. The van der Waals surface area contributed by atoms with Crippen LogP contribution < -0.4 is 0 Å². The Balaban J connectivity index is 2.22. The number of carboxylic acid groups (broad SMARTS) is 1. The summed E-state index contributed by atoms with van der Waals surface area (Å²) in [6, 6.07) is 8.94. The average molecular weight is 291 g/mol. The highest BCUT2D eigenvalue weighted by Gasteiger charge is 2.10. The summed E-state index contributed by atoms with van der Waals surface area (Å²) in [6.07, 6.45) is 1.51. The Morgan fingerprint density at radius 2 is 2.05 bits per heavy atom. The molecular weight excluding hydrogens is 283 g/mol. The van der Waals surface area contributed by atoms with Gasteiger partial charge in [-0.2, -0.15) is 0 Å². The van der Waals surface area contributed by atoms with Gasteiger partial charge in [0.25, 0.3) is 0 Å². The van der Waals surface area contributed by atoms with Gasteiger partial charge in [0, 0.05) is 0 Å². The molecule has 0 spiro atoms. The van der Waals surface area contributed by atoms with E-state index in [-0.39, 0.29) is 10.6 Å². The Morgan fingerprint density at radius 3 is 2.75 bits per heavy atom. The summed E-state index contributed by atoms with van der Waals surface area (Å²) in [6.45, 7) is 0. The SMILES string of the molecule is O=C(O)c1ccc2ncn(-c3ccc(Cl)c(F)c3)c2c1. The van der Waals surface area contributed by atoms with E-state index in [0.717, 1.165) is 0 Å². The number of imidazole rings is 1. The molecule has 3 aromatic rings. The van der Waals surface area contributed by atoms with Gasteiger partial charge >= 0.3 is 5.97 Å². The number of benzene rings is 2. The Morgan fingerprint density at radius 1 is 1.25 bits per heavy atom. The van der Waals surface area contributed by atoms with Crippen LogP contribution in [-0.2, 0) is 0 Å². The molecule has 1 aromatic heterocycles. The summed E-state index contributed by atoms with van der Waals surface area (Å²) in [5.41, 5.74) is 1.89. The molecule has 0 atom stereocenters. The Labute approximate surface area is 118 Å². The van der Waals surface area contributed by atoms with Gasteiger partial charge in [-0.15, -0.1) is 0 Å². The van der Waals surface area contributed by atoms with Crippen molar-refractivity contribution < 1.29 is 14.3 Å². The standard InChI is InChI=1S/C14H8ClFN2O2/c15-10-3-2-9(6-11(10)16)18-7-17-12-4-1-8(14(19)20)5-13(12)18/h1-7H,(H,19,20).